The minimum atomic E-state index is -0.562. The number of phenolic OH excluding ortho intramolecular Hbond substituents is 1. The van der Waals surface area contributed by atoms with Gasteiger partial charge in [0.15, 0.2) is 0 Å². The molecule has 1 amide bonds. The van der Waals surface area contributed by atoms with Crippen molar-refractivity contribution < 1.29 is 19.4 Å². The number of rotatable bonds is 5. The molecule has 0 aliphatic rings. The lowest BCUT2D eigenvalue weighted by Gasteiger charge is -2.08. The number of carbonyl (C=O) groups excluding carboxylic acids is 2. The zero-order valence-corrected chi connectivity index (χ0v) is 17.0. The van der Waals surface area contributed by atoms with Crippen molar-refractivity contribution in [2.75, 3.05) is 0 Å². The van der Waals surface area contributed by atoms with Crippen molar-refractivity contribution >= 4 is 34.0 Å². The Morgan fingerprint density at radius 1 is 1.07 bits per heavy atom. The maximum absolute atomic E-state index is 12.4. The van der Waals surface area contributed by atoms with E-state index in [2.05, 4.69) is 26.5 Å². The van der Waals surface area contributed by atoms with Crippen LogP contribution in [0.5, 0.6) is 11.5 Å². The third-order valence-corrected chi connectivity index (χ3v) is 4.47. The van der Waals surface area contributed by atoms with E-state index in [9.17, 15) is 14.7 Å². The van der Waals surface area contributed by atoms with Gasteiger partial charge in [-0.3, -0.25) is 4.79 Å². The number of carbonyl (C=O) groups is 2. The lowest BCUT2D eigenvalue weighted by molar-refractivity contribution is 0.0734. The molecule has 0 aliphatic carbocycles. The second kappa shape index (κ2) is 9.16. The molecule has 3 aromatic carbocycles. The van der Waals surface area contributed by atoms with E-state index < -0.39 is 11.9 Å². The molecule has 0 saturated heterocycles. The first-order chi connectivity index (χ1) is 13.9. The summed E-state index contributed by atoms with van der Waals surface area (Å²) < 4.78 is 6.24. The highest BCUT2D eigenvalue weighted by Gasteiger charge is 2.12. The summed E-state index contributed by atoms with van der Waals surface area (Å²) in [5, 5.41) is 13.6. The zero-order valence-electron chi connectivity index (χ0n) is 15.4. The van der Waals surface area contributed by atoms with Gasteiger partial charge in [-0.05, 0) is 49.4 Å². The summed E-state index contributed by atoms with van der Waals surface area (Å²) in [7, 11) is 0. The Hall–Kier alpha value is -3.45. The van der Waals surface area contributed by atoms with Crippen molar-refractivity contribution in [3.63, 3.8) is 0 Å². The van der Waals surface area contributed by atoms with Crippen LogP contribution in [0.4, 0.5) is 0 Å². The molecular weight excluding hydrogens is 436 g/mol. The van der Waals surface area contributed by atoms with Gasteiger partial charge in [-0.15, -0.1) is 0 Å². The standard InChI is InChI=1S/C22H17BrN2O4/c1-14-6-8-15(9-7-14)22(28)29-20-11-10-17(23)12-16(20)13-24-25-21(27)18-4-2-3-5-19(18)26/h2-13,26H,1H3,(H,25,27)/b24-13+. The fourth-order valence-electron chi connectivity index (χ4n) is 2.45. The summed E-state index contributed by atoms with van der Waals surface area (Å²) in [5.41, 5.74) is 4.39. The summed E-state index contributed by atoms with van der Waals surface area (Å²) in [4.78, 5) is 24.5. The maximum atomic E-state index is 12.4. The predicted octanol–water partition coefficient (Wildman–Crippen LogP) is 4.45. The minimum Gasteiger partial charge on any atom is -0.507 e. The second-order valence-electron chi connectivity index (χ2n) is 6.15. The van der Waals surface area contributed by atoms with Gasteiger partial charge >= 0.3 is 5.97 Å². The van der Waals surface area contributed by atoms with Crippen LogP contribution in [0.25, 0.3) is 0 Å². The highest BCUT2D eigenvalue weighted by Crippen LogP contribution is 2.23. The van der Waals surface area contributed by atoms with Gasteiger partial charge in [0.05, 0.1) is 17.3 Å². The average molecular weight is 453 g/mol. The van der Waals surface area contributed by atoms with E-state index in [4.69, 9.17) is 4.74 Å². The Morgan fingerprint density at radius 2 is 1.79 bits per heavy atom. The van der Waals surface area contributed by atoms with Gasteiger partial charge in [-0.1, -0.05) is 45.8 Å². The first-order valence-corrected chi connectivity index (χ1v) is 9.43. The first kappa shape index (κ1) is 20.3. The fourth-order valence-corrected chi connectivity index (χ4v) is 2.83. The van der Waals surface area contributed by atoms with E-state index in [1.165, 1.54) is 18.3 Å². The van der Waals surface area contributed by atoms with Gasteiger partial charge in [0.25, 0.3) is 5.91 Å². The monoisotopic (exact) mass is 452 g/mol. The van der Waals surface area contributed by atoms with E-state index >= 15 is 0 Å². The van der Waals surface area contributed by atoms with Crippen LogP contribution >= 0.6 is 15.9 Å². The number of benzene rings is 3. The molecule has 0 atom stereocenters. The summed E-state index contributed by atoms with van der Waals surface area (Å²) in [6, 6.07) is 18.2. The molecule has 0 unspecified atom stereocenters. The summed E-state index contributed by atoms with van der Waals surface area (Å²) >= 11 is 3.36. The van der Waals surface area contributed by atoms with Gasteiger partial charge in [-0.2, -0.15) is 5.10 Å². The average Bonchev–Trinajstić information content (AvgIpc) is 2.70. The zero-order chi connectivity index (χ0) is 20.8. The van der Waals surface area contributed by atoms with Gasteiger partial charge in [0, 0.05) is 10.0 Å². The third kappa shape index (κ3) is 5.30. The van der Waals surface area contributed by atoms with Crippen LogP contribution < -0.4 is 10.2 Å². The maximum Gasteiger partial charge on any atom is 0.343 e. The van der Waals surface area contributed by atoms with Gasteiger partial charge in [-0.25, -0.2) is 10.2 Å². The quantitative estimate of drug-likeness (QED) is 0.259. The number of aryl methyl sites for hydroxylation is 1. The summed E-state index contributed by atoms with van der Waals surface area (Å²) in [6.45, 7) is 1.93. The largest absolute Gasteiger partial charge is 0.507 e. The van der Waals surface area contributed by atoms with Crippen LogP contribution in [0.15, 0.2) is 76.3 Å². The smallest absolute Gasteiger partial charge is 0.343 e. The lowest BCUT2D eigenvalue weighted by Crippen LogP contribution is -2.17. The number of hydrogen-bond donors (Lipinski definition) is 2. The van der Waals surface area contributed by atoms with Crippen molar-refractivity contribution in [3.05, 3.63) is 93.5 Å². The van der Waals surface area contributed by atoms with Crippen molar-refractivity contribution in [2.45, 2.75) is 6.92 Å². The fraction of sp³-hybridized carbons (Fsp3) is 0.0455. The molecule has 7 heteroatoms. The van der Waals surface area contributed by atoms with Crippen LogP contribution in [-0.4, -0.2) is 23.2 Å². The van der Waals surface area contributed by atoms with E-state index in [0.29, 0.717) is 16.9 Å². The molecule has 3 aromatic rings. The molecule has 0 radical (unpaired) electrons. The Labute approximate surface area is 176 Å². The van der Waals surface area contributed by atoms with Crippen molar-refractivity contribution in [1.29, 1.82) is 0 Å². The number of amides is 1. The normalized spacial score (nSPS) is 10.7. The van der Waals surface area contributed by atoms with Crippen LogP contribution in [0.2, 0.25) is 0 Å². The van der Waals surface area contributed by atoms with Crippen molar-refractivity contribution in [3.8, 4) is 11.5 Å². The van der Waals surface area contributed by atoms with Crippen LogP contribution in [0.3, 0.4) is 0 Å². The molecule has 6 nitrogen and oxygen atoms in total. The molecule has 3 rings (SSSR count). The topological polar surface area (TPSA) is 88.0 Å². The molecule has 146 valence electrons. The van der Waals surface area contributed by atoms with Crippen LogP contribution in [0, 0.1) is 6.92 Å². The van der Waals surface area contributed by atoms with E-state index in [0.717, 1.165) is 10.0 Å². The van der Waals surface area contributed by atoms with Crippen molar-refractivity contribution in [2.24, 2.45) is 5.10 Å². The lowest BCUT2D eigenvalue weighted by atomic mass is 10.1. The number of nitrogens with one attached hydrogen (secondary N) is 1. The first-order valence-electron chi connectivity index (χ1n) is 8.64. The second-order valence-corrected chi connectivity index (χ2v) is 7.07. The summed E-state index contributed by atoms with van der Waals surface area (Å²) in [5.74, 6) is -0.914. The summed E-state index contributed by atoms with van der Waals surface area (Å²) in [6.07, 6.45) is 1.36. The number of aromatic hydroxyl groups is 1. The van der Waals surface area contributed by atoms with Crippen LogP contribution in [-0.2, 0) is 0 Å². The SMILES string of the molecule is Cc1ccc(C(=O)Oc2ccc(Br)cc2/C=N/NC(=O)c2ccccc2O)cc1. The van der Waals surface area contributed by atoms with Crippen LogP contribution in [0.1, 0.15) is 31.8 Å². The number of nitrogens with zero attached hydrogens (tertiary/aromatic N) is 1. The number of hydrazone groups is 1. The van der Waals surface area contributed by atoms with Crippen molar-refractivity contribution in [1.82, 2.24) is 5.43 Å². The Balaban J connectivity index is 1.75. The molecule has 0 aliphatic heterocycles. The minimum absolute atomic E-state index is 0.102. The number of hydrogen-bond acceptors (Lipinski definition) is 5. The molecule has 0 saturated carbocycles. The molecule has 29 heavy (non-hydrogen) atoms. The highest BCUT2D eigenvalue weighted by atomic mass is 79.9. The highest BCUT2D eigenvalue weighted by molar-refractivity contribution is 9.10. The molecule has 0 bridgehead atoms. The predicted molar refractivity (Wildman–Crippen MR) is 113 cm³/mol. The number of para-hydroxylation sites is 1. The third-order valence-electron chi connectivity index (χ3n) is 3.98. The Morgan fingerprint density at radius 3 is 2.52 bits per heavy atom. The Bertz CT molecular complexity index is 1080. The van der Waals surface area contributed by atoms with E-state index in [1.54, 1.807) is 42.5 Å². The number of halogens is 1. The van der Waals surface area contributed by atoms with E-state index in [1.807, 2.05) is 19.1 Å². The molecule has 0 aromatic heterocycles. The Kier molecular flexibility index (Phi) is 6.41. The van der Waals surface area contributed by atoms with Gasteiger partial charge in [0.1, 0.15) is 11.5 Å². The molecule has 0 heterocycles. The molecule has 0 spiro atoms. The van der Waals surface area contributed by atoms with Gasteiger partial charge < -0.3 is 9.84 Å². The number of ether oxygens (including phenoxy) is 1. The molecule has 0 fully saturated rings. The van der Waals surface area contributed by atoms with E-state index in [-0.39, 0.29) is 11.3 Å². The number of esters is 1. The molecular formula is C22H17BrN2O4. The van der Waals surface area contributed by atoms with Gasteiger partial charge in [0.2, 0.25) is 0 Å². The number of phenols is 1. The molecule has 2 N–H and O–H groups in total.